The minimum atomic E-state index is -0.398. The molecule has 0 atom stereocenters. The van der Waals surface area contributed by atoms with Crippen molar-refractivity contribution in [2.75, 3.05) is 0 Å². The van der Waals surface area contributed by atoms with Crippen molar-refractivity contribution in [3.05, 3.63) is 0 Å². The fourth-order valence-corrected chi connectivity index (χ4v) is 1.46. The second kappa shape index (κ2) is 6.68. The molecule has 0 heterocycles. The number of nitriles is 2. The highest BCUT2D eigenvalue weighted by atomic mass is 14.3. The molecule has 0 radical (unpaired) electrons. The van der Waals surface area contributed by atoms with E-state index in [-0.39, 0.29) is 5.92 Å². The Labute approximate surface area is 74.8 Å². The van der Waals surface area contributed by atoms with Gasteiger partial charge in [0.25, 0.3) is 0 Å². The Bertz CT molecular complexity index is 165. The van der Waals surface area contributed by atoms with Crippen molar-refractivity contribution in [2.24, 2.45) is 11.8 Å². The lowest BCUT2D eigenvalue weighted by atomic mass is 9.87. The highest BCUT2D eigenvalue weighted by Gasteiger charge is 2.18. The quantitative estimate of drug-likeness (QED) is 0.627. The van der Waals surface area contributed by atoms with Crippen LogP contribution in [0.3, 0.4) is 0 Å². The zero-order valence-corrected chi connectivity index (χ0v) is 7.88. The number of rotatable bonds is 5. The average molecular weight is 164 g/mol. The minimum absolute atomic E-state index is 0.287. The maximum Gasteiger partial charge on any atom is 0.136 e. The molecule has 0 saturated carbocycles. The normalized spacial score (nSPS) is 9.83. The van der Waals surface area contributed by atoms with E-state index >= 15 is 0 Å². The summed E-state index contributed by atoms with van der Waals surface area (Å²) in [6.07, 6.45) is 4.12. The van der Waals surface area contributed by atoms with Gasteiger partial charge in [0.2, 0.25) is 0 Å². The minimum Gasteiger partial charge on any atom is -0.197 e. The van der Waals surface area contributed by atoms with E-state index < -0.39 is 5.92 Å². The zero-order valence-electron chi connectivity index (χ0n) is 7.88. The van der Waals surface area contributed by atoms with Crippen LogP contribution in [-0.2, 0) is 0 Å². The third-order valence-electron chi connectivity index (χ3n) is 2.07. The van der Waals surface area contributed by atoms with Crippen LogP contribution in [0.4, 0.5) is 0 Å². The fourth-order valence-electron chi connectivity index (χ4n) is 1.46. The Balaban J connectivity index is 4.09. The molecular formula is C10H16N2. The summed E-state index contributed by atoms with van der Waals surface area (Å²) in [6.45, 7) is 4.18. The molecule has 0 aliphatic rings. The molecule has 0 fully saturated rings. The van der Waals surface area contributed by atoms with Crippen molar-refractivity contribution >= 4 is 0 Å². The molecule has 0 N–H and O–H groups in total. The molecule has 0 aliphatic heterocycles. The van der Waals surface area contributed by atoms with Gasteiger partial charge < -0.3 is 0 Å². The summed E-state index contributed by atoms with van der Waals surface area (Å²) in [5.41, 5.74) is 0. The molecule has 0 aromatic heterocycles. The molecule has 12 heavy (non-hydrogen) atoms. The van der Waals surface area contributed by atoms with E-state index in [0.29, 0.717) is 0 Å². The second-order valence-corrected chi connectivity index (χ2v) is 3.07. The molecule has 66 valence electrons. The van der Waals surface area contributed by atoms with Crippen molar-refractivity contribution in [1.29, 1.82) is 10.5 Å². The van der Waals surface area contributed by atoms with Gasteiger partial charge in [-0.3, -0.25) is 0 Å². The predicted molar refractivity (Wildman–Crippen MR) is 48.0 cm³/mol. The maximum absolute atomic E-state index is 8.68. The first-order valence-corrected chi connectivity index (χ1v) is 4.59. The third-order valence-corrected chi connectivity index (χ3v) is 2.07. The molecule has 0 amide bonds. The monoisotopic (exact) mass is 164 g/mol. The molecule has 0 bridgehead atoms. The average Bonchev–Trinajstić information content (AvgIpc) is 2.07. The Hall–Kier alpha value is -1.02. The predicted octanol–water partition coefficient (Wildman–Crippen LogP) is 2.87. The highest BCUT2D eigenvalue weighted by molar-refractivity contribution is 5.02. The first kappa shape index (κ1) is 11.0. The molecule has 0 spiro atoms. The van der Waals surface area contributed by atoms with Gasteiger partial charge in [0.15, 0.2) is 0 Å². The number of hydrogen-bond donors (Lipinski definition) is 0. The summed E-state index contributed by atoms with van der Waals surface area (Å²) >= 11 is 0. The van der Waals surface area contributed by atoms with Gasteiger partial charge in [0.05, 0.1) is 12.1 Å². The molecule has 0 saturated heterocycles. The molecule has 0 rings (SSSR count). The van der Waals surface area contributed by atoms with Gasteiger partial charge in [-0.05, 0) is 18.8 Å². The summed E-state index contributed by atoms with van der Waals surface area (Å²) < 4.78 is 0. The Morgan fingerprint density at radius 2 is 1.42 bits per heavy atom. The summed E-state index contributed by atoms with van der Waals surface area (Å²) in [5.74, 6) is -0.111. The van der Waals surface area contributed by atoms with E-state index in [0.717, 1.165) is 25.7 Å². The van der Waals surface area contributed by atoms with Crippen LogP contribution in [0.25, 0.3) is 0 Å². The smallest absolute Gasteiger partial charge is 0.136 e. The largest absolute Gasteiger partial charge is 0.197 e. The van der Waals surface area contributed by atoms with Crippen LogP contribution in [0, 0.1) is 34.5 Å². The van der Waals surface area contributed by atoms with Crippen LogP contribution in [0.1, 0.15) is 39.5 Å². The van der Waals surface area contributed by atoms with Gasteiger partial charge in [0.1, 0.15) is 5.92 Å². The lowest BCUT2D eigenvalue weighted by Gasteiger charge is -2.14. The van der Waals surface area contributed by atoms with E-state index in [1.807, 2.05) is 0 Å². The van der Waals surface area contributed by atoms with E-state index in [1.54, 1.807) is 0 Å². The van der Waals surface area contributed by atoms with Gasteiger partial charge >= 0.3 is 0 Å². The third kappa shape index (κ3) is 3.39. The molecular weight excluding hydrogens is 148 g/mol. The standard InChI is InChI=1S/C10H16N2/c1-3-5-9(6-4-2)10(7-11)8-12/h9-10H,3-6H2,1-2H3. The molecule has 2 nitrogen and oxygen atoms in total. The van der Waals surface area contributed by atoms with Crippen molar-refractivity contribution < 1.29 is 0 Å². The zero-order chi connectivity index (χ0) is 9.40. The summed E-state index contributed by atoms with van der Waals surface area (Å²) in [6, 6.07) is 4.12. The molecule has 2 heteroatoms. The molecule has 0 aromatic rings. The highest BCUT2D eigenvalue weighted by Crippen LogP contribution is 2.21. The van der Waals surface area contributed by atoms with Crippen LogP contribution in [-0.4, -0.2) is 0 Å². The van der Waals surface area contributed by atoms with Crippen molar-refractivity contribution in [3.8, 4) is 12.1 Å². The molecule has 0 unspecified atom stereocenters. The summed E-state index contributed by atoms with van der Waals surface area (Å²) in [7, 11) is 0. The van der Waals surface area contributed by atoms with Gasteiger partial charge in [-0.25, -0.2) is 0 Å². The summed E-state index contributed by atoms with van der Waals surface area (Å²) in [5, 5.41) is 17.4. The van der Waals surface area contributed by atoms with Gasteiger partial charge in [0, 0.05) is 0 Å². The Morgan fingerprint density at radius 3 is 1.67 bits per heavy atom. The number of nitrogens with zero attached hydrogens (tertiary/aromatic N) is 2. The lowest BCUT2D eigenvalue weighted by molar-refractivity contribution is 0.395. The Kier molecular flexibility index (Phi) is 6.11. The Morgan fingerprint density at radius 1 is 1.00 bits per heavy atom. The van der Waals surface area contributed by atoms with Crippen molar-refractivity contribution in [1.82, 2.24) is 0 Å². The van der Waals surface area contributed by atoms with Gasteiger partial charge in [-0.15, -0.1) is 0 Å². The van der Waals surface area contributed by atoms with E-state index in [1.165, 1.54) is 0 Å². The molecule has 0 aromatic carbocycles. The van der Waals surface area contributed by atoms with Crippen LogP contribution in [0.2, 0.25) is 0 Å². The topological polar surface area (TPSA) is 47.6 Å². The SMILES string of the molecule is CCCC(CCC)C(C#N)C#N. The lowest BCUT2D eigenvalue weighted by Crippen LogP contribution is -2.10. The molecule has 0 aliphatic carbocycles. The van der Waals surface area contributed by atoms with Crippen LogP contribution >= 0.6 is 0 Å². The van der Waals surface area contributed by atoms with Crippen molar-refractivity contribution in [2.45, 2.75) is 39.5 Å². The van der Waals surface area contributed by atoms with Gasteiger partial charge in [-0.1, -0.05) is 26.7 Å². The summed E-state index contributed by atoms with van der Waals surface area (Å²) in [4.78, 5) is 0. The van der Waals surface area contributed by atoms with Crippen LogP contribution < -0.4 is 0 Å². The van der Waals surface area contributed by atoms with E-state index in [4.69, 9.17) is 10.5 Å². The second-order valence-electron chi connectivity index (χ2n) is 3.07. The maximum atomic E-state index is 8.68. The fraction of sp³-hybridized carbons (Fsp3) is 0.800. The van der Waals surface area contributed by atoms with Crippen LogP contribution in [0.5, 0.6) is 0 Å². The van der Waals surface area contributed by atoms with E-state index in [9.17, 15) is 0 Å². The van der Waals surface area contributed by atoms with Crippen molar-refractivity contribution in [3.63, 3.8) is 0 Å². The van der Waals surface area contributed by atoms with Crippen LogP contribution in [0.15, 0.2) is 0 Å². The first-order valence-electron chi connectivity index (χ1n) is 4.59. The first-order chi connectivity index (χ1) is 5.79. The van der Waals surface area contributed by atoms with Gasteiger partial charge in [-0.2, -0.15) is 10.5 Å². The van der Waals surface area contributed by atoms with E-state index in [2.05, 4.69) is 26.0 Å². The number of hydrogen-bond acceptors (Lipinski definition) is 2.